The molecule has 0 amide bonds. The van der Waals surface area contributed by atoms with E-state index in [1.165, 1.54) is 6.07 Å². The Hall–Kier alpha value is -1.55. The fraction of sp³-hybridized carbons (Fsp3) is 0.200. The lowest BCUT2D eigenvalue weighted by atomic mass is 10.1. The lowest BCUT2D eigenvalue weighted by Crippen LogP contribution is -2.02. The first kappa shape index (κ1) is 13.9. The van der Waals surface area contributed by atoms with Crippen LogP contribution >= 0.6 is 15.9 Å². The number of nitrogens with one attached hydrogen (secondary N) is 1. The van der Waals surface area contributed by atoms with Crippen LogP contribution in [0.4, 0.5) is 10.1 Å². The predicted octanol–water partition coefficient (Wildman–Crippen LogP) is 4.52. The predicted molar refractivity (Wildman–Crippen MR) is 79.0 cm³/mol. The van der Waals surface area contributed by atoms with Crippen molar-refractivity contribution in [2.75, 3.05) is 5.32 Å². The zero-order valence-corrected chi connectivity index (χ0v) is 12.4. The van der Waals surface area contributed by atoms with Gasteiger partial charge in [-0.25, -0.2) is 4.39 Å². The van der Waals surface area contributed by atoms with Crippen LogP contribution in [0.15, 0.2) is 34.8 Å². The third-order valence-electron chi connectivity index (χ3n) is 3.06. The summed E-state index contributed by atoms with van der Waals surface area (Å²) in [7, 11) is 0. The molecule has 0 saturated heterocycles. The summed E-state index contributed by atoms with van der Waals surface area (Å²) in [6.45, 7) is 4.19. The summed E-state index contributed by atoms with van der Waals surface area (Å²) in [6, 6.07) is 8.81. The Balaban J connectivity index is 2.19. The number of phenolic OH excluding ortho intramolecular Hbond substituents is 1. The SMILES string of the molecule is Cc1cc(F)c(Br)cc1NCc1cccc(C)c1O. The third-order valence-corrected chi connectivity index (χ3v) is 3.67. The number of anilines is 1. The number of aromatic hydroxyl groups is 1. The van der Waals surface area contributed by atoms with Crippen molar-refractivity contribution in [2.45, 2.75) is 20.4 Å². The van der Waals surface area contributed by atoms with Gasteiger partial charge in [0.05, 0.1) is 4.47 Å². The summed E-state index contributed by atoms with van der Waals surface area (Å²) in [6.07, 6.45) is 0. The Kier molecular flexibility index (Phi) is 4.10. The standard InChI is InChI=1S/C15H15BrFNO/c1-9-4-3-5-11(15(9)19)8-18-14-7-12(16)13(17)6-10(14)2/h3-7,18-19H,8H2,1-2H3. The van der Waals surface area contributed by atoms with Crippen LogP contribution in [-0.2, 0) is 6.54 Å². The molecule has 2 aromatic carbocycles. The van der Waals surface area contributed by atoms with Crippen LogP contribution in [0.25, 0.3) is 0 Å². The van der Waals surface area contributed by atoms with Gasteiger partial charge in [-0.15, -0.1) is 0 Å². The van der Waals surface area contributed by atoms with Gasteiger partial charge in [-0.2, -0.15) is 0 Å². The zero-order chi connectivity index (χ0) is 14.0. The molecule has 0 radical (unpaired) electrons. The minimum Gasteiger partial charge on any atom is -0.507 e. The highest BCUT2D eigenvalue weighted by atomic mass is 79.9. The van der Waals surface area contributed by atoms with Crippen LogP contribution in [-0.4, -0.2) is 5.11 Å². The minimum atomic E-state index is -0.276. The van der Waals surface area contributed by atoms with Crippen LogP contribution in [0.1, 0.15) is 16.7 Å². The molecular weight excluding hydrogens is 309 g/mol. The van der Waals surface area contributed by atoms with Crippen molar-refractivity contribution in [1.29, 1.82) is 0 Å². The van der Waals surface area contributed by atoms with E-state index < -0.39 is 0 Å². The van der Waals surface area contributed by atoms with E-state index in [0.29, 0.717) is 16.8 Å². The fourth-order valence-electron chi connectivity index (χ4n) is 1.89. The molecular formula is C15H15BrFNO. The van der Waals surface area contributed by atoms with E-state index in [4.69, 9.17) is 0 Å². The van der Waals surface area contributed by atoms with E-state index in [2.05, 4.69) is 21.2 Å². The Bertz CT molecular complexity index is 613. The van der Waals surface area contributed by atoms with Gasteiger partial charge in [-0.05, 0) is 53.0 Å². The monoisotopic (exact) mass is 323 g/mol. The van der Waals surface area contributed by atoms with Gasteiger partial charge in [0.15, 0.2) is 0 Å². The van der Waals surface area contributed by atoms with Crippen molar-refractivity contribution in [3.8, 4) is 5.75 Å². The van der Waals surface area contributed by atoms with E-state index in [1.54, 1.807) is 6.07 Å². The molecule has 0 aliphatic heterocycles. The molecule has 0 fully saturated rings. The van der Waals surface area contributed by atoms with Gasteiger partial charge >= 0.3 is 0 Å². The lowest BCUT2D eigenvalue weighted by Gasteiger charge is -2.12. The average molecular weight is 324 g/mol. The van der Waals surface area contributed by atoms with Crippen molar-refractivity contribution >= 4 is 21.6 Å². The Labute approximate surface area is 120 Å². The van der Waals surface area contributed by atoms with E-state index in [1.807, 2.05) is 32.0 Å². The summed E-state index contributed by atoms with van der Waals surface area (Å²) < 4.78 is 13.8. The van der Waals surface area contributed by atoms with Crippen LogP contribution in [0.2, 0.25) is 0 Å². The molecule has 19 heavy (non-hydrogen) atoms. The van der Waals surface area contributed by atoms with Gasteiger partial charge in [0.2, 0.25) is 0 Å². The van der Waals surface area contributed by atoms with Gasteiger partial charge in [-0.3, -0.25) is 0 Å². The van der Waals surface area contributed by atoms with E-state index in [0.717, 1.165) is 22.4 Å². The second-order valence-electron chi connectivity index (χ2n) is 4.52. The number of hydrogen-bond donors (Lipinski definition) is 2. The number of rotatable bonds is 3. The number of aryl methyl sites for hydroxylation is 2. The van der Waals surface area contributed by atoms with Crippen LogP contribution in [0.5, 0.6) is 5.75 Å². The Morgan fingerprint density at radius 3 is 2.68 bits per heavy atom. The third kappa shape index (κ3) is 3.07. The van der Waals surface area contributed by atoms with E-state index in [9.17, 15) is 9.50 Å². The van der Waals surface area contributed by atoms with Crippen molar-refractivity contribution in [3.05, 3.63) is 57.3 Å². The molecule has 0 spiro atoms. The molecule has 0 aliphatic rings. The molecule has 0 unspecified atom stereocenters. The second-order valence-corrected chi connectivity index (χ2v) is 5.37. The summed E-state index contributed by atoms with van der Waals surface area (Å²) in [4.78, 5) is 0. The average Bonchev–Trinajstić information content (AvgIpc) is 2.37. The number of benzene rings is 2. The van der Waals surface area contributed by atoms with Gasteiger partial charge in [0, 0.05) is 17.8 Å². The van der Waals surface area contributed by atoms with Gasteiger partial charge in [0.1, 0.15) is 11.6 Å². The number of hydrogen-bond acceptors (Lipinski definition) is 2. The van der Waals surface area contributed by atoms with Crippen LogP contribution in [0, 0.1) is 19.7 Å². The second kappa shape index (κ2) is 5.61. The fourth-order valence-corrected chi connectivity index (χ4v) is 2.23. The number of phenols is 1. The van der Waals surface area contributed by atoms with Crippen molar-refractivity contribution < 1.29 is 9.50 Å². The first-order chi connectivity index (χ1) is 8.99. The normalized spacial score (nSPS) is 10.5. The molecule has 2 nitrogen and oxygen atoms in total. The van der Waals surface area contributed by atoms with Crippen LogP contribution in [0.3, 0.4) is 0 Å². The maximum Gasteiger partial charge on any atom is 0.137 e. The maximum atomic E-state index is 13.3. The molecule has 100 valence electrons. The molecule has 0 aromatic heterocycles. The van der Waals surface area contributed by atoms with Gasteiger partial charge in [-0.1, -0.05) is 18.2 Å². The Morgan fingerprint density at radius 2 is 1.95 bits per heavy atom. The van der Waals surface area contributed by atoms with E-state index in [-0.39, 0.29) is 5.82 Å². The molecule has 0 atom stereocenters. The zero-order valence-electron chi connectivity index (χ0n) is 10.8. The number of para-hydroxylation sites is 1. The molecule has 0 saturated carbocycles. The molecule has 0 heterocycles. The lowest BCUT2D eigenvalue weighted by molar-refractivity contribution is 0.465. The maximum absolute atomic E-state index is 13.3. The topological polar surface area (TPSA) is 32.3 Å². The smallest absolute Gasteiger partial charge is 0.137 e. The highest BCUT2D eigenvalue weighted by molar-refractivity contribution is 9.10. The summed E-state index contributed by atoms with van der Waals surface area (Å²) in [5.41, 5.74) is 3.33. The van der Waals surface area contributed by atoms with Gasteiger partial charge in [0.25, 0.3) is 0 Å². The summed E-state index contributed by atoms with van der Waals surface area (Å²) >= 11 is 3.17. The molecule has 4 heteroatoms. The largest absolute Gasteiger partial charge is 0.507 e. The first-order valence-electron chi connectivity index (χ1n) is 5.96. The van der Waals surface area contributed by atoms with Crippen molar-refractivity contribution in [1.82, 2.24) is 0 Å². The summed E-state index contributed by atoms with van der Waals surface area (Å²) in [5, 5.41) is 13.1. The highest BCUT2D eigenvalue weighted by Crippen LogP contribution is 2.26. The Morgan fingerprint density at radius 1 is 1.21 bits per heavy atom. The van der Waals surface area contributed by atoms with Crippen molar-refractivity contribution in [2.24, 2.45) is 0 Å². The molecule has 2 rings (SSSR count). The number of halogens is 2. The quantitative estimate of drug-likeness (QED) is 0.870. The molecule has 0 aliphatic carbocycles. The molecule has 2 aromatic rings. The highest BCUT2D eigenvalue weighted by Gasteiger charge is 2.07. The molecule has 0 bridgehead atoms. The van der Waals surface area contributed by atoms with Crippen molar-refractivity contribution in [3.63, 3.8) is 0 Å². The minimum absolute atomic E-state index is 0.276. The molecule has 2 N–H and O–H groups in total. The summed E-state index contributed by atoms with van der Waals surface area (Å²) in [5.74, 6) is 0.0234. The van der Waals surface area contributed by atoms with Gasteiger partial charge < -0.3 is 10.4 Å². The van der Waals surface area contributed by atoms with E-state index >= 15 is 0 Å². The van der Waals surface area contributed by atoms with Crippen LogP contribution < -0.4 is 5.32 Å². The first-order valence-corrected chi connectivity index (χ1v) is 6.75.